The lowest BCUT2D eigenvalue weighted by atomic mass is 9.90. The molecule has 2 rings (SSSR count). The minimum Gasteiger partial charge on any atom is -0.480 e. The Hall–Kier alpha value is -1.74. The standard InChI is InChI=1S/C10H14N4O4S/c1-6-11-9(19-14-6)12-8(17)13-10(7(15)16)2-4-18-5-3-10/h2-5H2,1H3,(H,15,16)(H2,11,12,13,14,17). The number of anilines is 1. The average molecular weight is 286 g/mol. The molecule has 1 saturated heterocycles. The van der Waals surface area contributed by atoms with Crippen LogP contribution in [0.4, 0.5) is 9.93 Å². The number of hydrogen-bond donors (Lipinski definition) is 3. The third kappa shape index (κ3) is 3.18. The summed E-state index contributed by atoms with van der Waals surface area (Å²) in [5, 5.41) is 14.6. The number of carboxylic acids is 1. The van der Waals surface area contributed by atoms with Crippen LogP contribution in [0.5, 0.6) is 0 Å². The van der Waals surface area contributed by atoms with E-state index in [0.717, 1.165) is 11.5 Å². The second-order valence-electron chi connectivity index (χ2n) is 4.23. The molecule has 104 valence electrons. The van der Waals surface area contributed by atoms with Crippen LogP contribution in [0, 0.1) is 6.92 Å². The van der Waals surface area contributed by atoms with Crippen LogP contribution >= 0.6 is 11.5 Å². The van der Waals surface area contributed by atoms with Crippen LogP contribution < -0.4 is 10.6 Å². The van der Waals surface area contributed by atoms with Crippen molar-refractivity contribution in [2.24, 2.45) is 0 Å². The fourth-order valence-corrected chi connectivity index (χ4v) is 2.38. The molecule has 1 aromatic heterocycles. The quantitative estimate of drug-likeness (QED) is 0.750. The molecule has 2 amide bonds. The van der Waals surface area contributed by atoms with Crippen LogP contribution in [0.1, 0.15) is 18.7 Å². The minimum absolute atomic E-state index is 0.241. The van der Waals surface area contributed by atoms with Gasteiger partial charge in [-0.25, -0.2) is 14.6 Å². The van der Waals surface area contributed by atoms with E-state index in [-0.39, 0.29) is 12.8 Å². The summed E-state index contributed by atoms with van der Waals surface area (Å²) in [7, 11) is 0. The van der Waals surface area contributed by atoms with Gasteiger partial charge in [0.1, 0.15) is 11.4 Å². The van der Waals surface area contributed by atoms with Gasteiger partial charge >= 0.3 is 12.0 Å². The first-order valence-electron chi connectivity index (χ1n) is 5.72. The summed E-state index contributed by atoms with van der Waals surface area (Å²) in [5.41, 5.74) is -1.28. The maximum atomic E-state index is 11.8. The van der Waals surface area contributed by atoms with Crippen molar-refractivity contribution in [3.05, 3.63) is 5.82 Å². The second-order valence-corrected chi connectivity index (χ2v) is 4.98. The van der Waals surface area contributed by atoms with Gasteiger partial charge in [0.25, 0.3) is 0 Å². The van der Waals surface area contributed by atoms with E-state index in [0.29, 0.717) is 24.2 Å². The second kappa shape index (κ2) is 5.49. The van der Waals surface area contributed by atoms with E-state index >= 15 is 0 Å². The minimum atomic E-state index is -1.28. The van der Waals surface area contributed by atoms with Crippen molar-refractivity contribution in [3.63, 3.8) is 0 Å². The molecule has 0 spiro atoms. The largest absolute Gasteiger partial charge is 0.480 e. The third-order valence-corrected chi connectivity index (χ3v) is 3.58. The zero-order valence-electron chi connectivity index (χ0n) is 10.3. The van der Waals surface area contributed by atoms with Gasteiger partial charge in [0.05, 0.1) is 0 Å². The zero-order chi connectivity index (χ0) is 13.9. The van der Waals surface area contributed by atoms with E-state index in [1.54, 1.807) is 6.92 Å². The number of carboxylic acid groups (broad SMARTS) is 1. The molecule has 9 heteroatoms. The molecule has 8 nitrogen and oxygen atoms in total. The lowest BCUT2D eigenvalue weighted by Crippen LogP contribution is -2.58. The third-order valence-electron chi connectivity index (χ3n) is 2.86. The van der Waals surface area contributed by atoms with Gasteiger partial charge in [-0.05, 0) is 6.92 Å². The Balaban J connectivity index is 2.01. The fraction of sp³-hybridized carbons (Fsp3) is 0.600. The van der Waals surface area contributed by atoms with Gasteiger partial charge in [0.15, 0.2) is 0 Å². The Morgan fingerprint density at radius 1 is 1.42 bits per heavy atom. The summed E-state index contributed by atoms with van der Waals surface area (Å²) in [6, 6.07) is -0.597. The first-order valence-corrected chi connectivity index (χ1v) is 6.50. The molecule has 2 heterocycles. The molecule has 1 aromatic rings. The number of aromatic nitrogens is 2. The number of carbonyl (C=O) groups is 2. The van der Waals surface area contributed by atoms with Crippen molar-refractivity contribution >= 4 is 28.7 Å². The number of nitrogens with one attached hydrogen (secondary N) is 2. The summed E-state index contributed by atoms with van der Waals surface area (Å²) in [6.07, 6.45) is 0.482. The van der Waals surface area contributed by atoms with E-state index in [4.69, 9.17) is 4.74 Å². The van der Waals surface area contributed by atoms with Crippen molar-refractivity contribution in [2.45, 2.75) is 25.3 Å². The predicted molar refractivity (Wildman–Crippen MR) is 67.2 cm³/mol. The summed E-state index contributed by atoms with van der Waals surface area (Å²) >= 11 is 1.04. The van der Waals surface area contributed by atoms with Crippen LogP contribution in [0.25, 0.3) is 0 Å². The highest BCUT2D eigenvalue weighted by Gasteiger charge is 2.41. The van der Waals surface area contributed by atoms with Crippen LogP contribution in [0.15, 0.2) is 0 Å². The first kappa shape index (κ1) is 13.7. The number of aryl methyl sites for hydroxylation is 1. The van der Waals surface area contributed by atoms with Crippen molar-refractivity contribution < 1.29 is 19.4 Å². The Morgan fingerprint density at radius 2 is 2.11 bits per heavy atom. The van der Waals surface area contributed by atoms with Gasteiger partial charge in [-0.1, -0.05) is 0 Å². The topological polar surface area (TPSA) is 113 Å². The highest BCUT2D eigenvalue weighted by atomic mass is 32.1. The van der Waals surface area contributed by atoms with E-state index in [9.17, 15) is 14.7 Å². The lowest BCUT2D eigenvalue weighted by Gasteiger charge is -2.33. The van der Waals surface area contributed by atoms with E-state index < -0.39 is 17.5 Å². The lowest BCUT2D eigenvalue weighted by molar-refractivity contribution is -0.148. The maximum absolute atomic E-state index is 11.8. The number of carbonyl (C=O) groups excluding carboxylic acids is 1. The molecule has 0 atom stereocenters. The molecule has 1 aliphatic heterocycles. The highest BCUT2D eigenvalue weighted by molar-refractivity contribution is 7.09. The number of hydrogen-bond acceptors (Lipinski definition) is 6. The molecule has 0 aliphatic carbocycles. The summed E-state index contributed by atoms with van der Waals surface area (Å²) in [5.74, 6) is -0.501. The van der Waals surface area contributed by atoms with Gasteiger partial charge in [-0.15, -0.1) is 0 Å². The van der Waals surface area contributed by atoms with Gasteiger partial charge in [0.2, 0.25) is 5.13 Å². The Morgan fingerprint density at radius 3 is 2.63 bits per heavy atom. The van der Waals surface area contributed by atoms with Crippen molar-refractivity contribution in [3.8, 4) is 0 Å². The Labute approximate surface area is 113 Å². The van der Waals surface area contributed by atoms with Crippen molar-refractivity contribution in [1.82, 2.24) is 14.7 Å². The zero-order valence-corrected chi connectivity index (χ0v) is 11.1. The van der Waals surface area contributed by atoms with Gasteiger partial charge in [-0.2, -0.15) is 4.37 Å². The van der Waals surface area contributed by atoms with Crippen LogP contribution in [-0.2, 0) is 9.53 Å². The van der Waals surface area contributed by atoms with Gasteiger partial charge in [0, 0.05) is 37.6 Å². The number of rotatable bonds is 3. The normalized spacial score (nSPS) is 17.7. The molecule has 19 heavy (non-hydrogen) atoms. The maximum Gasteiger partial charge on any atom is 0.329 e. The van der Waals surface area contributed by atoms with Crippen LogP contribution in [0.3, 0.4) is 0 Å². The molecular formula is C10H14N4O4S. The number of aliphatic carboxylic acids is 1. The summed E-state index contributed by atoms with van der Waals surface area (Å²) in [4.78, 5) is 27.1. The monoisotopic (exact) mass is 286 g/mol. The molecule has 0 saturated carbocycles. The first-order chi connectivity index (χ1) is 9.02. The number of ether oxygens (including phenoxy) is 1. The van der Waals surface area contributed by atoms with Gasteiger partial charge in [-0.3, -0.25) is 5.32 Å². The number of amides is 2. The molecule has 0 radical (unpaired) electrons. The molecule has 0 bridgehead atoms. The fourth-order valence-electron chi connectivity index (χ4n) is 1.81. The molecule has 0 aromatic carbocycles. The average Bonchev–Trinajstić information content (AvgIpc) is 2.75. The van der Waals surface area contributed by atoms with E-state index in [1.165, 1.54) is 0 Å². The Bertz CT molecular complexity index is 484. The van der Waals surface area contributed by atoms with Crippen LogP contribution in [-0.4, -0.2) is 45.2 Å². The SMILES string of the molecule is Cc1nsc(NC(=O)NC2(C(=O)O)CCOCC2)n1. The van der Waals surface area contributed by atoms with E-state index in [2.05, 4.69) is 20.0 Å². The van der Waals surface area contributed by atoms with Crippen molar-refractivity contribution in [1.29, 1.82) is 0 Å². The molecule has 3 N–H and O–H groups in total. The predicted octanol–water partition coefficient (Wildman–Crippen LogP) is 0.602. The molecule has 1 aliphatic rings. The molecular weight excluding hydrogens is 272 g/mol. The Kier molecular flexibility index (Phi) is 3.96. The van der Waals surface area contributed by atoms with Crippen molar-refractivity contribution in [2.75, 3.05) is 18.5 Å². The van der Waals surface area contributed by atoms with Crippen LogP contribution in [0.2, 0.25) is 0 Å². The van der Waals surface area contributed by atoms with Gasteiger partial charge < -0.3 is 15.2 Å². The van der Waals surface area contributed by atoms with E-state index in [1.807, 2.05) is 0 Å². The summed E-state index contributed by atoms with van der Waals surface area (Å²) < 4.78 is 9.04. The smallest absolute Gasteiger partial charge is 0.329 e. The highest BCUT2D eigenvalue weighted by Crippen LogP contribution is 2.21. The molecule has 1 fully saturated rings. The summed E-state index contributed by atoms with van der Waals surface area (Å²) in [6.45, 7) is 2.33. The molecule has 0 unspecified atom stereocenters. The number of nitrogens with zero attached hydrogens (tertiary/aromatic N) is 2. The number of urea groups is 1.